The minimum atomic E-state index is -2.96. The smallest absolute Gasteiger partial charge is 0.149 e. The van der Waals surface area contributed by atoms with Crippen LogP contribution in [0.25, 0.3) is 0 Å². The number of nitrogen functional groups attached to an aromatic ring is 1. The van der Waals surface area contributed by atoms with Gasteiger partial charge in [0, 0.05) is 18.9 Å². The summed E-state index contributed by atoms with van der Waals surface area (Å²) in [5.74, 6) is 0.750. The first-order valence-corrected chi connectivity index (χ1v) is 6.83. The lowest BCUT2D eigenvalue weighted by Crippen LogP contribution is -2.14. The third-order valence-corrected chi connectivity index (χ3v) is 2.99. The third-order valence-electron chi connectivity index (χ3n) is 2.05. The van der Waals surface area contributed by atoms with E-state index in [0.717, 1.165) is 0 Å². The number of ether oxygens (including phenoxy) is 1. The zero-order valence-electron chi connectivity index (χ0n) is 9.36. The molecule has 0 spiro atoms. The number of hydrogen-bond acceptors (Lipinski definition) is 5. The standard InChI is InChI=1S/C10H16N2O3S/c1-15-8-3-4-9(11)10(7-8)12-5-6-16(2,13)14/h3-4,7,12H,5-6,11H2,1-2H3. The zero-order chi connectivity index (χ0) is 12.2. The number of sulfone groups is 1. The molecule has 1 rings (SSSR count). The molecule has 0 saturated heterocycles. The Kier molecular flexibility index (Phi) is 4.00. The van der Waals surface area contributed by atoms with Crippen molar-refractivity contribution in [2.45, 2.75) is 0 Å². The van der Waals surface area contributed by atoms with E-state index in [1.165, 1.54) is 6.26 Å². The van der Waals surface area contributed by atoms with Crippen molar-refractivity contribution in [2.24, 2.45) is 0 Å². The number of nitrogens with one attached hydrogen (secondary N) is 1. The molecular formula is C10H16N2O3S. The Labute approximate surface area is 95.5 Å². The van der Waals surface area contributed by atoms with Gasteiger partial charge in [-0.1, -0.05) is 0 Å². The van der Waals surface area contributed by atoms with E-state index in [1.807, 2.05) is 0 Å². The predicted octanol–water partition coefficient (Wildman–Crippen LogP) is 0.734. The maximum atomic E-state index is 10.9. The molecule has 0 amide bonds. The maximum Gasteiger partial charge on any atom is 0.149 e. The molecule has 90 valence electrons. The molecule has 0 fully saturated rings. The molecule has 0 aromatic heterocycles. The summed E-state index contributed by atoms with van der Waals surface area (Å²) in [7, 11) is -1.40. The normalized spacial score (nSPS) is 11.1. The summed E-state index contributed by atoms with van der Waals surface area (Å²) < 4.78 is 26.9. The fourth-order valence-corrected chi connectivity index (χ4v) is 1.66. The van der Waals surface area contributed by atoms with Crippen LogP contribution in [-0.2, 0) is 9.84 Å². The average Bonchev–Trinajstić information content (AvgIpc) is 2.19. The molecule has 0 aliphatic heterocycles. The molecule has 0 radical (unpaired) electrons. The molecule has 0 aliphatic carbocycles. The van der Waals surface area contributed by atoms with Crippen LogP contribution < -0.4 is 15.8 Å². The van der Waals surface area contributed by atoms with Crippen molar-refractivity contribution in [1.29, 1.82) is 0 Å². The highest BCUT2D eigenvalue weighted by atomic mass is 32.2. The summed E-state index contributed by atoms with van der Waals surface area (Å²) in [5.41, 5.74) is 6.97. The van der Waals surface area contributed by atoms with Gasteiger partial charge in [-0.25, -0.2) is 8.42 Å². The van der Waals surface area contributed by atoms with E-state index >= 15 is 0 Å². The quantitative estimate of drug-likeness (QED) is 0.746. The molecule has 0 saturated carbocycles. The first kappa shape index (κ1) is 12.6. The lowest BCUT2D eigenvalue weighted by Gasteiger charge is -2.10. The van der Waals surface area contributed by atoms with E-state index in [0.29, 0.717) is 23.7 Å². The van der Waals surface area contributed by atoms with Gasteiger partial charge in [0.05, 0.1) is 24.2 Å². The van der Waals surface area contributed by atoms with Crippen LogP contribution in [0.5, 0.6) is 5.75 Å². The third kappa shape index (κ3) is 3.98. The van der Waals surface area contributed by atoms with Gasteiger partial charge < -0.3 is 15.8 Å². The summed E-state index contributed by atoms with van der Waals surface area (Å²) in [6.45, 7) is 0.330. The van der Waals surface area contributed by atoms with Crippen molar-refractivity contribution in [3.05, 3.63) is 18.2 Å². The second-order valence-corrected chi connectivity index (χ2v) is 5.77. The maximum absolute atomic E-state index is 10.9. The Morgan fingerprint density at radius 2 is 2.12 bits per heavy atom. The van der Waals surface area contributed by atoms with Crippen LogP contribution in [0.4, 0.5) is 11.4 Å². The van der Waals surface area contributed by atoms with Crippen LogP contribution in [0, 0.1) is 0 Å². The molecule has 0 atom stereocenters. The van der Waals surface area contributed by atoms with Gasteiger partial charge in [0.1, 0.15) is 15.6 Å². The van der Waals surface area contributed by atoms with E-state index < -0.39 is 9.84 Å². The Balaban J connectivity index is 2.66. The van der Waals surface area contributed by atoms with Gasteiger partial charge >= 0.3 is 0 Å². The van der Waals surface area contributed by atoms with E-state index in [9.17, 15) is 8.42 Å². The molecule has 16 heavy (non-hydrogen) atoms. The fraction of sp³-hybridized carbons (Fsp3) is 0.400. The second-order valence-electron chi connectivity index (χ2n) is 3.51. The Bertz CT molecular complexity index is 457. The fourth-order valence-electron chi connectivity index (χ4n) is 1.19. The van der Waals surface area contributed by atoms with Crippen molar-refractivity contribution >= 4 is 21.2 Å². The minimum absolute atomic E-state index is 0.0731. The topological polar surface area (TPSA) is 81.4 Å². The van der Waals surface area contributed by atoms with E-state index in [-0.39, 0.29) is 5.75 Å². The van der Waals surface area contributed by atoms with Crippen LogP contribution in [0.2, 0.25) is 0 Å². The number of hydrogen-bond donors (Lipinski definition) is 2. The van der Waals surface area contributed by atoms with Crippen LogP contribution >= 0.6 is 0 Å². The monoisotopic (exact) mass is 244 g/mol. The molecular weight excluding hydrogens is 228 g/mol. The highest BCUT2D eigenvalue weighted by molar-refractivity contribution is 7.90. The van der Waals surface area contributed by atoms with Gasteiger partial charge in [-0.3, -0.25) is 0 Å². The Morgan fingerprint density at radius 3 is 2.69 bits per heavy atom. The summed E-state index contributed by atoms with van der Waals surface area (Å²) in [4.78, 5) is 0. The van der Waals surface area contributed by atoms with Crippen LogP contribution in [0.15, 0.2) is 18.2 Å². The van der Waals surface area contributed by atoms with Crippen LogP contribution in [0.1, 0.15) is 0 Å². The van der Waals surface area contributed by atoms with Crippen LogP contribution in [0.3, 0.4) is 0 Å². The average molecular weight is 244 g/mol. The number of anilines is 2. The molecule has 0 heterocycles. The first-order chi connectivity index (χ1) is 7.42. The van der Waals surface area contributed by atoms with Gasteiger partial charge in [0.15, 0.2) is 0 Å². The lowest BCUT2D eigenvalue weighted by molar-refractivity contribution is 0.415. The van der Waals surface area contributed by atoms with E-state index in [1.54, 1.807) is 25.3 Å². The van der Waals surface area contributed by atoms with Crippen molar-refractivity contribution in [3.8, 4) is 5.75 Å². The van der Waals surface area contributed by atoms with Gasteiger partial charge in [-0.05, 0) is 12.1 Å². The molecule has 0 unspecified atom stereocenters. The largest absolute Gasteiger partial charge is 0.497 e. The van der Waals surface area contributed by atoms with Crippen molar-refractivity contribution in [3.63, 3.8) is 0 Å². The Hall–Kier alpha value is -1.43. The van der Waals surface area contributed by atoms with Gasteiger partial charge in [0.2, 0.25) is 0 Å². The summed E-state index contributed by atoms with van der Waals surface area (Å²) >= 11 is 0. The summed E-state index contributed by atoms with van der Waals surface area (Å²) in [6, 6.07) is 5.19. The summed E-state index contributed by atoms with van der Waals surface area (Å²) in [5, 5.41) is 2.96. The molecule has 3 N–H and O–H groups in total. The van der Waals surface area contributed by atoms with Crippen molar-refractivity contribution in [2.75, 3.05) is 36.7 Å². The van der Waals surface area contributed by atoms with Crippen molar-refractivity contribution in [1.82, 2.24) is 0 Å². The zero-order valence-corrected chi connectivity index (χ0v) is 10.2. The molecule has 6 heteroatoms. The highest BCUT2D eigenvalue weighted by Gasteiger charge is 2.04. The predicted molar refractivity (Wildman–Crippen MR) is 65.6 cm³/mol. The van der Waals surface area contributed by atoms with E-state index in [2.05, 4.69) is 5.32 Å². The number of methoxy groups -OCH3 is 1. The number of benzene rings is 1. The molecule has 0 bridgehead atoms. The van der Waals surface area contributed by atoms with Gasteiger partial charge in [0.25, 0.3) is 0 Å². The number of rotatable bonds is 5. The molecule has 5 nitrogen and oxygen atoms in total. The summed E-state index contributed by atoms with van der Waals surface area (Å²) in [6.07, 6.45) is 1.20. The first-order valence-electron chi connectivity index (χ1n) is 4.77. The SMILES string of the molecule is COc1ccc(N)c(NCCS(C)(=O)=O)c1. The van der Waals surface area contributed by atoms with Gasteiger partial charge in [-0.2, -0.15) is 0 Å². The van der Waals surface area contributed by atoms with E-state index in [4.69, 9.17) is 10.5 Å². The molecule has 0 aliphatic rings. The van der Waals surface area contributed by atoms with Crippen LogP contribution in [-0.4, -0.2) is 34.1 Å². The van der Waals surface area contributed by atoms with Gasteiger partial charge in [-0.15, -0.1) is 0 Å². The minimum Gasteiger partial charge on any atom is -0.497 e. The number of nitrogens with two attached hydrogens (primary N) is 1. The molecule has 1 aromatic rings. The lowest BCUT2D eigenvalue weighted by atomic mass is 10.2. The van der Waals surface area contributed by atoms with Crippen molar-refractivity contribution < 1.29 is 13.2 Å². The molecule has 1 aromatic carbocycles. The Morgan fingerprint density at radius 1 is 1.44 bits per heavy atom. The second kappa shape index (κ2) is 5.07. The highest BCUT2D eigenvalue weighted by Crippen LogP contribution is 2.23.